The molecular weight excluding hydrogens is 240 g/mol. The third kappa shape index (κ3) is 5.06. The molecule has 1 unspecified atom stereocenters. The first kappa shape index (κ1) is 15.7. The summed E-state index contributed by atoms with van der Waals surface area (Å²) in [6.07, 6.45) is 0.765. The number of benzene rings is 1. The van der Waals surface area contributed by atoms with Crippen molar-refractivity contribution in [3.63, 3.8) is 0 Å². The second-order valence-electron chi connectivity index (χ2n) is 3.72. The molecule has 0 aromatic heterocycles. The number of nitrogens with two attached hydrogens (primary N) is 1. The quantitative estimate of drug-likeness (QED) is 0.843. The van der Waals surface area contributed by atoms with Gasteiger partial charge in [0.05, 0.1) is 12.7 Å². The second-order valence-corrected chi connectivity index (χ2v) is 3.72. The van der Waals surface area contributed by atoms with E-state index in [1.54, 1.807) is 19.2 Å². The molecule has 96 valence electrons. The number of amides is 1. The van der Waals surface area contributed by atoms with E-state index >= 15 is 0 Å². The Hall–Kier alpha value is -1.26. The molecule has 17 heavy (non-hydrogen) atoms. The van der Waals surface area contributed by atoms with Crippen molar-refractivity contribution < 1.29 is 9.53 Å². The highest BCUT2D eigenvalue weighted by molar-refractivity contribution is 5.96. The largest absolute Gasteiger partial charge is 0.496 e. The summed E-state index contributed by atoms with van der Waals surface area (Å²) < 4.78 is 5.11. The topological polar surface area (TPSA) is 64.3 Å². The van der Waals surface area contributed by atoms with E-state index in [0.717, 1.165) is 6.42 Å². The molecule has 0 saturated heterocycles. The Labute approximate surface area is 108 Å². The lowest BCUT2D eigenvalue weighted by Gasteiger charge is -2.09. The SMILES string of the molecule is COc1ccccc1C(=O)NCCC(C)N.Cl. The summed E-state index contributed by atoms with van der Waals surface area (Å²) in [7, 11) is 1.55. The summed E-state index contributed by atoms with van der Waals surface area (Å²) in [5.74, 6) is 0.457. The van der Waals surface area contributed by atoms with Crippen molar-refractivity contribution in [2.45, 2.75) is 19.4 Å². The van der Waals surface area contributed by atoms with E-state index < -0.39 is 0 Å². The maximum atomic E-state index is 11.8. The minimum atomic E-state index is -0.127. The Kier molecular flexibility index (Phi) is 7.34. The Morgan fingerprint density at radius 3 is 2.71 bits per heavy atom. The molecule has 0 aliphatic heterocycles. The highest BCUT2D eigenvalue weighted by atomic mass is 35.5. The van der Waals surface area contributed by atoms with Gasteiger partial charge in [-0.05, 0) is 25.5 Å². The van der Waals surface area contributed by atoms with Crippen molar-refractivity contribution >= 4 is 18.3 Å². The number of rotatable bonds is 5. The first-order valence-electron chi connectivity index (χ1n) is 5.32. The number of hydrogen-bond donors (Lipinski definition) is 2. The number of methoxy groups -OCH3 is 1. The normalized spacial score (nSPS) is 11.2. The average Bonchev–Trinajstić information content (AvgIpc) is 2.28. The van der Waals surface area contributed by atoms with Crippen LogP contribution in [0, 0.1) is 0 Å². The van der Waals surface area contributed by atoms with E-state index in [1.165, 1.54) is 0 Å². The lowest BCUT2D eigenvalue weighted by molar-refractivity contribution is 0.0950. The van der Waals surface area contributed by atoms with E-state index in [4.69, 9.17) is 10.5 Å². The first-order valence-corrected chi connectivity index (χ1v) is 5.32. The number of carbonyl (C=O) groups excluding carboxylic acids is 1. The zero-order chi connectivity index (χ0) is 12.0. The molecule has 0 spiro atoms. The van der Waals surface area contributed by atoms with Crippen LogP contribution in [0.3, 0.4) is 0 Å². The molecule has 1 rings (SSSR count). The summed E-state index contributed by atoms with van der Waals surface area (Å²) in [6, 6.07) is 7.24. The molecule has 1 atom stereocenters. The molecule has 0 bridgehead atoms. The zero-order valence-corrected chi connectivity index (χ0v) is 10.9. The molecule has 5 heteroatoms. The fourth-order valence-electron chi connectivity index (χ4n) is 1.34. The molecule has 0 heterocycles. The highest BCUT2D eigenvalue weighted by Gasteiger charge is 2.10. The third-order valence-electron chi connectivity index (χ3n) is 2.24. The molecule has 0 aliphatic carbocycles. The Morgan fingerprint density at radius 2 is 2.12 bits per heavy atom. The van der Waals surface area contributed by atoms with Crippen LogP contribution in [-0.4, -0.2) is 25.6 Å². The van der Waals surface area contributed by atoms with E-state index in [2.05, 4.69) is 5.32 Å². The van der Waals surface area contributed by atoms with Crippen LogP contribution in [0.5, 0.6) is 5.75 Å². The van der Waals surface area contributed by atoms with Crippen molar-refractivity contribution in [3.05, 3.63) is 29.8 Å². The van der Waals surface area contributed by atoms with Gasteiger partial charge in [0.1, 0.15) is 5.75 Å². The minimum Gasteiger partial charge on any atom is -0.496 e. The van der Waals surface area contributed by atoms with Crippen LogP contribution < -0.4 is 15.8 Å². The zero-order valence-electron chi connectivity index (χ0n) is 10.1. The van der Waals surface area contributed by atoms with Crippen molar-refractivity contribution in [2.75, 3.05) is 13.7 Å². The van der Waals surface area contributed by atoms with Gasteiger partial charge in [-0.3, -0.25) is 4.79 Å². The highest BCUT2D eigenvalue weighted by Crippen LogP contribution is 2.16. The van der Waals surface area contributed by atoms with Crippen molar-refractivity contribution in [1.29, 1.82) is 0 Å². The number of ether oxygens (including phenoxy) is 1. The van der Waals surface area contributed by atoms with Gasteiger partial charge in [-0.1, -0.05) is 12.1 Å². The van der Waals surface area contributed by atoms with Crippen LogP contribution in [0.25, 0.3) is 0 Å². The summed E-state index contributed by atoms with van der Waals surface area (Å²) in [6.45, 7) is 2.49. The van der Waals surface area contributed by atoms with E-state index in [9.17, 15) is 4.79 Å². The van der Waals surface area contributed by atoms with Gasteiger partial charge in [0.2, 0.25) is 0 Å². The molecule has 0 fully saturated rings. The van der Waals surface area contributed by atoms with Crippen LogP contribution >= 0.6 is 12.4 Å². The molecule has 3 N–H and O–H groups in total. The van der Waals surface area contributed by atoms with Gasteiger partial charge in [0, 0.05) is 12.6 Å². The fourth-order valence-corrected chi connectivity index (χ4v) is 1.34. The third-order valence-corrected chi connectivity index (χ3v) is 2.24. The van der Waals surface area contributed by atoms with E-state index in [0.29, 0.717) is 17.9 Å². The summed E-state index contributed by atoms with van der Waals surface area (Å²) in [5, 5.41) is 2.81. The molecular formula is C12H19ClN2O2. The first-order chi connectivity index (χ1) is 7.65. The van der Waals surface area contributed by atoms with Gasteiger partial charge in [-0.2, -0.15) is 0 Å². The van der Waals surface area contributed by atoms with Crippen LogP contribution in [0.4, 0.5) is 0 Å². The van der Waals surface area contributed by atoms with Gasteiger partial charge in [-0.25, -0.2) is 0 Å². The Bertz CT molecular complexity index is 356. The van der Waals surface area contributed by atoms with Gasteiger partial charge in [0.25, 0.3) is 5.91 Å². The van der Waals surface area contributed by atoms with E-state index in [1.807, 2.05) is 19.1 Å². The van der Waals surface area contributed by atoms with Crippen LogP contribution in [0.15, 0.2) is 24.3 Å². The monoisotopic (exact) mass is 258 g/mol. The summed E-state index contributed by atoms with van der Waals surface area (Å²) >= 11 is 0. The second kappa shape index (κ2) is 7.92. The predicted molar refractivity (Wildman–Crippen MR) is 70.8 cm³/mol. The number of nitrogens with one attached hydrogen (secondary N) is 1. The van der Waals surface area contributed by atoms with Crippen LogP contribution in [0.2, 0.25) is 0 Å². The number of hydrogen-bond acceptors (Lipinski definition) is 3. The molecule has 1 amide bonds. The van der Waals surface area contributed by atoms with Crippen LogP contribution in [-0.2, 0) is 0 Å². The maximum Gasteiger partial charge on any atom is 0.255 e. The van der Waals surface area contributed by atoms with Crippen LogP contribution in [0.1, 0.15) is 23.7 Å². The standard InChI is InChI=1S/C12H18N2O2.ClH/c1-9(13)7-8-14-12(15)10-5-3-4-6-11(10)16-2;/h3-6,9H,7-8,13H2,1-2H3,(H,14,15);1H. The molecule has 1 aromatic carbocycles. The van der Waals surface area contributed by atoms with Crippen molar-refractivity contribution in [2.24, 2.45) is 5.73 Å². The van der Waals surface area contributed by atoms with Gasteiger partial charge in [0.15, 0.2) is 0 Å². The molecule has 0 saturated carbocycles. The van der Waals surface area contributed by atoms with Gasteiger partial charge >= 0.3 is 0 Å². The molecule has 0 radical (unpaired) electrons. The molecule has 1 aromatic rings. The summed E-state index contributed by atoms with van der Waals surface area (Å²) in [5.41, 5.74) is 6.15. The predicted octanol–water partition coefficient (Wildman–Crippen LogP) is 1.58. The lowest BCUT2D eigenvalue weighted by atomic mass is 10.2. The smallest absolute Gasteiger partial charge is 0.255 e. The van der Waals surface area contributed by atoms with Gasteiger partial charge < -0.3 is 15.8 Å². The maximum absolute atomic E-state index is 11.8. The van der Waals surface area contributed by atoms with Gasteiger partial charge in [-0.15, -0.1) is 12.4 Å². The Balaban J connectivity index is 0.00000256. The fraction of sp³-hybridized carbons (Fsp3) is 0.417. The summed E-state index contributed by atoms with van der Waals surface area (Å²) in [4.78, 5) is 11.8. The van der Waals surface area contributed by atoms with Crippen molar-refractivity contribution in [1.82, 2.24) is 5.32 Å². The van der Waals surface area contributed by atoms with E-state index in [-0.39, 0.29) is 24.4 Å². The number of para-hydroxylation sites is 1. The number of halogens is 1. The average molecular weight is 259 g/mol. The Morgan fingerprint density at radius 1 is 1.47 bits per heavy atom. The van der Waals surface area contributed by atoms with Crippen molar-refractivity contribution in [3.8, 4) is 5.75 Å². The minimum absolute atomic E-state index is 0. The lowest BCUT2D eigenvalue weighted by Crippen LogP contribution is -2.29. The molecule has 4 nitrogen and oxygen atoms in total. The molecule has 0 aliphatic rings. The number of carbonyl (C=O) groups is 1.